The summed E-state index contributed by atoms with van der Waals surface area (Å²) in [5.74, 6) is 2.97. The topological polar surface area (TPSA) is 32.7 Å². The molecule has 3 nitrogen and oxygen atoms in total. The van der Waals surface area contributed by atoms with Crippen LogP contribution in [0.5, 0.6) is 5.75 Å². The molecular weight excluding hydrogens is 234 g/mol. The van der Waals surface area contributed by atoms with Gasteiger partial charge in [0.25, 0.3) is 0 Å². The van der Waals surface area contributed by atoms with Crippen LogP contribution in [0.2, 0.25) is 0 Å². The van der Waals surface area contributed by atoms with E-state index in [1.807, 2.05) is 36.0 Å². The van der Waals surface area contributed by atoms with E-state index in [4.69, 9.17) is 4.74 Å². The Morgan fingerprint density at radius 1 is 1.41 bits per heavy atom. The molecule has 0 aromatic heterocycles. The highest BCUT2D eigenvalue weighted by molar-refractivity contribution is 7.99. The van der Waals surface area contributed by atoms with E-state index in [1.165, 1.54) is 0 Å². The Hall–Kier alpha value is -0.710. The fraction of sp³-hybridized carbons (Fsp3) is 0.538. The van der Waals surface area contributed by atoms with E-state index < -0.39 is 6.10 Å². The van der Waals surface area contributed by atoms with Crippen LogP contribution in [0.15, 0.2) is 24.3 Å². The van der Waals surface area contributed by atoms with Crippen LogP contribution in [0.3, 0.4) is 0 Å². The zero-order chi connectivity index (χ0) is 12.3. The van der Waals surface area contributed by atoms with Crippen molar-refractivity contribution in [2.45, 2.75) is 12.1 Å². The SMILES string of the molecule is COc1ccc(C(O)C2CSCCN2C)cc1. The van der Waals surface area contributed by atoms with E-state index in [-0.39, 0.29) is 6.04 Å². The Morgan fingerprint density at radius 2 is 2.12 bits per heavy atom. The smallest absolute Gasteiger partial charge is 0.118 e. The monoisotopic (exact) mass is 253 g/mol. The Labute approximate surface area is 107 Å². The van der Waals surface area contributed by atoms with Crippen molar-refractivity contribution >= 4 is 11.8 Å². The molecule has 0 saturated carbocycles. The molecule has 0 bridgehead atoms. The van der Waals surface area contributed by atoms with Crippen molar-refractivity contribution in [3.05, 3.63) is 29.8 Å². The number of likely N-dealkylation sites (N-methyl/N-ethyl adjacent to an activating group) is 1. The number of ether oxygens (including phenoxy) is 1. The average Bonchev–Trinajstić information content (AvgIpc) is 2.39. The first-order valence-corrected chi connectivity index (χ1v) is 6.98. The summed E-state index contributed by atoms with van der Waals surface area (Å²) in [5.41, 5.74) is 0.963. The fourth-order valence-corrected chi connectivity index (χ4v) is 3.32. The van der Waals surface area contributed by atoms with Gasteiger partial charge in [-0.05, 0) is 24.7 Å². The number of hydrogen-bond acceptors (Lipinski definition) is 4. The van der Waals surface area contributed by atoms with E-state index in [0.29, 0.717) is 0 Å². The molecule has 94 valence electrons. The van der Waals surface area contributed by atoms with E-state index in [0.717, 1.165) is 29.4 Å². The van der Waals surface area contributed by atoms with Gasteiger partial charge in [-0.15, -0.1) is 0 Å². The van der Waals surface area contributed by atoms with Crippen molar-refractivity contribution in [2.75, 3.05) is 32.2 Å². The maximum Gasteiger partial charge on any atom is 0.118 e. The van der Waals surface area contributed by atoms with Gasteiger partial charge >= 0.3 is 0 Å². The number of aliphatic hydroxyl groups excluding tert-OH is 1. The molecule has 1 aliphatic heterocycles. The van der Waals surface area contributed by atoms with Crippen molar-refractivity contribution in [3.63, 3.8) is 0 Å². The quantitative estimate of drug-likeness (QED) is 0.890. The van der Waals surface area contributed by atoms with Crippen LogP contribution in [0, 0.1) is 0 Å². The van der Waals surface area contributed by atoms with Gasteiger partial charge in [-0.3, -0.25) is 4.90 Å². The lowest BCUT2D eigenvalue weighted by atomic mass is 10.0. The van der Waals surface area contributed by atoms with Crippen molar-refractivity contribution in [1.82, 2.24) is 4.90 Å². The van der Waals surface area contributed by atoms with E-state index in [1.54, 1.807) is 7.11 Å². The number of nitrogens with zero attached hydrogens (tertiary/aromatic N) is 1. The summed E-state index contributed by atoms with van der Waals surface area (Å²) in [6.07, 6.45) is -0.418. The fourth-order valence-electron chi connectivity index (χ4n) is 2.06. The average molecular weight is 253 g/mol. The highest BCUT2D eigenvalue weighted by Gasteiger charge is 2.27. The maximum atomic E-state index is 10.4. The van der Waals surface area contributed by atoms with Crippen molar-refractivity contribution in [1.29, 1.82) is 0 Å². The first-order chi connectivity index (χ1) is 8.22. The standard InChI is InChI=1S/C13H19NO2S/c1-14-7-8-17-9-12(14)13(15)10-3-5-11(16-2)6-4-10/h3-6,12-13,15H,7-9H2,1-2H3. The summed E-state index contributed by atoms with van der Waals surface area (Å²) in [6, 6.07) is 7.89. The van der Waals surface area contributed by atoms with Gasteiger partial charge in [-0.2, -0.15) is 11.8 Å². The predicted octanol–water partition coefficient (Wildman–Crippen LogP) is 1.78. The number of thioether (sulfide) groups is 1. The number of rotatable bonds is 3. The van der Waals surface area contributed by atoms with Gasteiger partial charge in [0.2, 0.25) is 0 Å². The normalized spacial score (nSPS) is 23.4. The molecule has 2 rings (SSSR count). The highest BCUT2D eigenvalue weighted by Crippen LogP contribution is 2.27. The van der Waals surface area contributed by atoms with Crippen molar-refractivity contribution in [2.24, 2.45) is 0 Å². The third-order valence-electron chi connectivity index (χ3n) is 3.26. The van der Waals surface area contributed by atoms with Crippen LogP contribution in [0.25, 0.3) is 0 Å². The van der Waals surface area contributed by atoms with Crippen LogP contribution < -0.4 is 4.74 Å². The van der Waals surface area contributed by atoms with Crippen molar-refractivity contribution in [3.8, 4) is 5.75 Å². The van der Waals surface area contributed by atoms with Gasteiger partial charge in [0.15, 0.2) is 0 Å². The molecule has 1 saturated heterocycles. The zero-order valence-corrected chi connectivity index (χ0v) is 11.1. The molecule has 0 radical (unpaired) electrons. The number of methoxy groups -OCH3 is 1. The molecule has 1 fully saturated rings. The van der Waals surface area contributed by atoms with Gasteiger partial charge in [-0.25, -0.2) is 0 Å². The lowest BCUT2D eigenvalue weighted by molar-refractivity contribution is 0.0758. The van der Waals surface area contributed by atoms with Gasteiger partial charge < -0.3 is 9.84 Å². The van der Waals surface area contributed by atoms with Crippen LogP contribution >= 0.6 is 11.8 Å². The molecule has 0 spiro atoms. The third kappa shape index (κ3) is 2.94. The van der Waals surface area contributed by atoms with E-state index in [9.17, 15) is 5.11 Å². The van der Waals surface area contributed by atoms with E-state index in [2.05, 4.69) is 11.9 Å². The van der Waals surface area contributed by atoms with Crippen molar-refractivity contribution < 1.29 is 9.84 Å². The second-order valence-corrected chi connectivity index (χ2v) is 5.49. The first-order valence-electron chi connectivity index (χ1n) is 5.82. The lowest BCUT2D eigenvalue weighted by Gasteiger charge is -2.35. The first kappa shape index (κ1) is 12.7. The number of hydrogen-bond donors (Lipinski definition) is 1. The van der Waals surface area contributed by atoms with Gasteiger partial charge in [0.05, 0.1) is 13.2 Å². The molecule has 0 amide bonds. The summed E-state index contributed by atoms with van der Waals surface area (Å²) in [7, 11) is 3.73. The lowest BCUT2D eigenvalue weighted by Crippen LogP contribution is -2.43. The van der Waals surface area contributed by atoms with Gasteiger partial charge in [0, 0.05) is 24.1 Å². The summed E-state index contributed by atoms with van der Waals surface area (Å²) < 4.78 is 5.12. The largest absolute Gasteiger partial charge is 0.497 e. The maximum absolute atomic E-state index is 10.4. The Morgan fingerprint density at radius 3 is 2.71 bits per heavy atom. The summed E-state index contributed by atoms with van der Waals surface area (Å²) >= 11 is 1.91. The minimum absolute atomic E-state index is 0.210. The second-order valence-electron chi connectivity index (χ2n) is 4.34. The minimum atomic E-state index is -0.418. The molecule has 4 heteroatoms. The molecule has 0 aliphatic carbocycles. The molecule has 1 aliphatic rings. The van der Waals surface area contributed by atoms with Crippen LogP contribution in [0.4, 0.5) is 0 Å². The molecular formula is C13H19NO2S. The summed E-state index contributed by atoms with van der Waals surface area (Å²) in [5, 5.41) is 10.4. The Bertz CT molecular complexity index is 355. The Balaban J connectivity index is 2.09. The summed E-state index contributed by atoms with van der Waals surface area (Å²) in [6.45, 7) is 1.04. The molecule has 1 N–H and O–H groups in total. The summed E-state index contributed by atoms with van der Waals surface area (Å²) in [4.78, 5) is 2.24. The molecule has 1 heterocycles. The predicted molar refractivity (Wildman–Crippen MR) is 71.7 cm³/mol. The van der Waals surface area contributed by atoms with Crippen LogP contribution in [-0.4, -0.2) is 48.3 Å². The Kier molecular flexibility index (Phi) is 4.31. The second kappa shape index (κ2) is 5.76. The highest BCUT2D eigenvalue weighted by atomic mass is 32.2. The molecule has 1 aromatic carbocycles. The van der Waals surface area contributed by atoms with Crippen LogP contribution in [0.1, 0.15) is 11.7 Å². The number of aliphatic hydroxyl groups is 1. The molecule has 1 aromatic rings. The zero-order valence-electron chi connectivity index (χ0n) is 10.3. The van der Waals surface area contributed by atoms with Crippen LogP contribution in [-0.2, 0) is 0 Å². The minimum Gasteiger partial charge on any atom is -0.497 e. The molecule has 2 atom stereocenters. The van der Waals surface area contributed by atoms with E-state index >= 15 is 0 Å². The molecule has 17 heavy (non-hydrogen) atoms. The third-order valence-corrected chi connectivity index (χ3v) is 4.31. The van der Waals surface area contributed by atoms with Gasteiger partial charge in [-0.1, -0.05) is 12.1 Å². The number of benzene rings is 1. The van der Waals surface area contributed by atoms with Gasteiger partial charge in [0.1, 0.15) is 5.75 Å². The molecule has 2 unspecified atom stereocenters.